The van der Waals surface area contributed by atoms with Crippen molar-refractivity contribution in [3.05, 3.63) is 35.4 Å². The first kappa shape index (κ1) is 15.4. The number of rotatable bonds is 5. The number of thiocarbonyl (C=S) groups is 1. The minimum Gasteiger partial charge on any atom is -0.389 e. The predicted octanol–water partition coefficient (Wildman–Crippen LogP) is 1.93. The second-order valence-corrected chi connectivity index (χ2v) is 7.65. The first-order valence-corrected chi connectivity index (χ1v) is 8.82. The minimum absolute atomic E-state index is 0.00612. The van der Waals surface area contributed by atoms with Crippen molar-refractivity contribution in [2.45, 2.75) is 38.0 Å². The van der Waals surface area contributed by atoms with E-state index in [-0.39, 0.29) is 11.8 Å². The third-order valence-corrected chi connectivity index (χ3v) is 5.40. The highest BCUT2D eigenvalue weighted by Crippen LogP contribution is 2.25. The number of hydrogen-bond donors (Lipinski definition) is 2. The van der Waals surface area contributed by atoms with E-state index < -0.39 is 10.0 Å². The van der Waals surface area contributed by atoms with Gasteiger partial charge in [0.1, 0.15) is 4.99 Å². The summed E-state index contributed by atoms with van der Waals surface area (Å²) in [4.78, 5) is 0.317. The maximum absolute atomic E-state index is 12.2. The summed E-state index contributed by atoms with van der Waals surface area (Å²) in [6, 6.07) is 7.10. The Hall–Kier alpha value is -0.980. The van der Waals surface area contributed by atoms with Crippen LogP contribution in [0.3, 0.4) is 0 Å². The zero-order valence-electron chi connectivity index (χ0n) is 11.5. The molecule has 1 fully saturated rings. The maximum atomic E-state index is 12.2. The highest BCUT2D eigenvalue weighted by Gasteiger charge is 2.27. The van der Waals surface area contributed by atoms with Crippen LogP contribution in [-0.2, 0) is 15.8 Å². The molecule has 0 heterocycles. The Kier molecular flexibility index (Phi) is 4.78. The van der Waals surface area contributed by atoms with E-state index >= 15 is 0 Å². The molecule has 3 N–H and O–H groups in total. The van der Waals surface area contributed by atoms with E-state index in [1.165, 1.54) is 0 Å². The van der Waals surface area contributed by atoms with Gasteiger partial charge in [-0.15, -0.1) is 0 Å². The Bertz CT molecular complexity index is 582. The van der Waals surface area contributed by atoms with E-state index in [4.69, 9.17) is 18.0 Å². The summed E-state index contributed by atoms with van der Waals surface area (Å²) >= 11 is 4.87. The fraction of sp³-hybridized carbons (Fsp3) is 0.500. The predicted molar refractivity (Wildman–Crippen MR) is 84.9 cm³/mol. The van der Waals surface area contributed by atoms with Gasteiger partial charge in [-0.3, -0.25) is 0 Å². The van der Waals surface area contributed by atoms with Crippen LogP contribution in [0.2, 0.25) is 0 Å². The van der Waals surface area contributed by atoms with E-state index in [9.17, 15) is 8.42 Å². The van der Waals surface area contributed by atoms with Crippen molar-refractivity contribution in [3.8, 4) is 0 Å². The third-order valence-electron chi connectivity index (χ3n) is 3.79. The molecule has 1 aliphatic rings. The first-order chi connectivity index (χ1) is 9.37. The number of nitrogens with two attached hydrogens (primary N) is 1. The van der Waals surface area contributed by atoms with Crippen LogP contribution in [0.15, 0.2) is 24.3 Å². The van der Waals surface area contributed by atoms with Crippen LogP contribution < -0.4 is 10.5 Å². The van der Waals surface area contributed by atoms with Gasteiger partial charge in [0.25, 0.3) is 0 Å². The van der Waals surface area contributed by atoms with Crippen molar-refractivity contribution in [3.63, 3.8) is 0 Å². The second kappa shape index (κ2) is 6.20. The Morgan fingerprint density at radius 3 is 2.50 bits per heavy atom. The average molecular weight is 312 g/mol. The van der Waals surface area contributed by atoms with E-state index in [1.54, 1.807) is 24.3 Å². The molecule has 0 aliphatic heterocycles. The lowest BCUT2D eigenvalue weighted by molar-refractivity contribution is 0.476. The monoisotopic (exact) mass is 312 g/mol. The molecule has 0 radical (unpaired) electrons. The van der Waals surface area contributed by atoms with Crippen molar-refractivity contribution in [1.29, 1.82) is 0 Å². The molecule has 1 saturated carbocycles. The summed E-state index contributed by atoms with van der Waals surface area (Å²) in [6.07, 6.45) is 3.12. The molecule has 110 valence electrons. The molecule has 1 aromatic rings. The lowest BCUT2D eigenvalue weighted by atomic mass is 10.1. The highest BCUT2D eigenvalue weighted by molar-refractivity contribution is 7.88. The highest BCUT2D eigenvalue weighted by atomic mass is 32.2. The number of benzene rings is 1. The number of hydrogen-bond acceptors (Lipinski definition) is 3. The largest absolute Gasteiger partial charge is 0.389 e. The summed E-state index contributed by atoms with van der Waals surface area (Å²) in [6.45, 7) is 2.09. The van der Waals surface area contributed by atoms with Crippen LogP contribution in [0, 0.1) is 5.92 Å². The molecule has 0 bridgehead atoms. The Balaban J connectivity index is 2.02. The molecular formula is C14H20N2O2S2. The molecule has 4 nitrogen and oxygen atoms in total. The van der Waals surface area contributed by atoms with Gasteiger partial charge in [0, 0.05) is 11.6 Å². The summed E-state index contributed by atoms with van der Waals surface area (Å²) < 4.78 is 27.1. The Labute approximate surface area is 125 Å². The van der Waals surface area contributed by atoms with E-state index in [0.29, 0.717) is 10.9 Å². The molecule has 0 spiro atoms. The van der Waals surface area contributed by atoms with E-state index in [2.05, 4.69) is 11.6 Å². The van der Waals surface area contributed by atoms with E-state index in [1.807, 2.05) is 0 Å². The molecular weight excluding hydrogens is 292 g/mol. The summed E-state index contributed by atoms with van der Waals surface area (Å²) in [5, 5.41) is 0. The summed E-state index contributed by atoms with van der Waals surface area (Å²) in [7, 11) is -3.30. The normalized spacial score (nSPS) is 22.9. The zero-order chi connectivity index (χ0) is 14.8. The van der Waals surface area contributed by atoms with Gasteiger partial charge < -0.3 is 5.73 Å². The van der Waals surface area contributed by atoms with Gasteiger partial charge in [-0.25, -0.2) is 13.1 Å². The van der Waals surface area contributed by atoms with Gasteiger partial charge in [0.05, 0.1) is 5.75 Å². The topological polar surface area (TPSA) is 72.2 Å². The van der Waals surface area contributed by atoms with Crippen LogP contribution in [0.1, 0.15) is 37.3 Å². The van der Waals surface area contributed by atoms with Crippen molar-refractivity contribution in [2.24, 2.45) is 11.7 Å². The Morgan fingerprint density at radius 1 is 1.35 bits per heavy atom. The fourth-order valence-corrected chi connectivity index (χ4v) is 4.24. The lowest BCUT2D eigenvalue weighted by Gasteiger charge is -2.17. The van der Waals surface area contributed by atoms with Crippen LogP contribution in [0.25, 0.3) is 0 Å². The maximum Gasteiger partial charge on any atom is 0.216 e. The summed E-state index contributed by atoms with van der Waals surface area (Å²) in [5.41, 5.74) is 7.00. The lowest BCUT2D eigenvalue weighted by Crippen LogP contribution is -2.37. The fourth-order valence-electron chi connectivity index (χ4n) is 2.58. The van der Waals surface area contributed by atoms with Crippen molar-refractivity contribution < 1.29 is 8.42 Å². The minimum atomic E-state index is -3.30. The smallest absolute Gasteiger partial charge is 0.216 e. The molecule has 2 atom stereocenters. The molecule has 0 aromatic heterocycles. The summed E-state index contributed by atoms with van der Waals surface area (Å²) in [5.74, 6) is 0.412. The molecule has 2 unspecified atom stereocenters. The van der Waals surface area contributed by atoms with Gasteiger partial charge in [-0.2, -0.15) is 0 Å². The van der Waals surface area contributed by atoms with E-state index in [0.717, 1.165) is 30.4 Å². The van der Waals surface area contributed by atoms with Crippen LogP contribution >= 0.6 is 12.2 Å². The molecule has 20 heavy (non-hydrogen) atoms. The van der Waals surface area contributed by atoms with Gasteiger partial charge in [-0.1, -0.05) is 49.8 Å². The number of nitrogens with one attached hydrogen (secondary N) is 1. The third kappa shape index (κ3) is 4.01. The van der Waals surface area contributed by atoms with Gasteiger partial charge in [0.2, 0.25) is 10.0 Å². The second-order valence-electron chi connectivity index (χ2n) is 5.45. The van der Waals surface area contributed by atoms with Crippen molar-refractivity contribution in [2.75, 3.05) is 0 Å². The van der Waals surface area contributed by atoms with Crippen LogP contribution in [-0.4, -0.2) is 19.4 Å². The van der Waals surface area contributed by atoms with Crippen LogP contribution in [0.4, 0.5) is 0 Å². The molecule has 2 rings (SSSR count). The quantitative estimate of drug-likeness (QED) is 0.815. The molecule has 1 aromatic carbocycles. The number of sulfonamides is 1. The SMILES string of the molecule is CC1CCCC1NS(=O)(=O)Cc1ccc(C(N)=S)cc1. The molecule has 6 heteroatoms. The molecule has 0 saturated heterocycles. The average Bonchev–Trinajstić information content (AvgIpc) is 2.74. The standard InChI is InChI=1S/C14H20N2O2S2/c1-10-3-2-4-13(10)16-20(17,18)9-11-5-7-12(8-6-11)14(15)19/h5-8,10,13,16H,2-4,9H2,1H3,(H2,15,19). The first-order valence-electron chi connectivity index (χ1n) is 6.76. The molecule has 1 aliphatic carbocycles. The van der Waals surface area contributed by atoms with Crippen LogP contribution in [0.5, 0.6) is 0 Å². The van der Waals surface area contributed by atoms with Gasteiger partial charge in [-0.05, 0) is 24.3 Å². The molecule has 0 amide bonds. The van der Waals surface area contributed by atoms with Gasteiger partial charge >= 0.3 is 0 Å². The van der Waals surface area contributed by atoms with Crippen molar-refractivity contribution >= 4 is 27.2 Å². The van der Waals surface area contributed by atoms with Crippen molar-refractivity contribution in [1.82, 2.24) is 4.72 Å². The van der Waals surface area contributed by atoms with Gasteiger partial charge in [0.15, 0.2) is 0 Å². The zero-order valence-corrected chi connectivity index (χ0v) is 13.1. The Morgan fingerprint density at radius 2 is 2.00 bits per heavy atom.